The lowest BCUT2D eigenvalue weighted by atomic mass is 10.1. The van der Waals surface area contributed by atoms with Gasteiger partial charge in [-0.15, -0.1) is 0 Å². The van der Waals surface area contributed by atoms with E-state index in [2.05, 4.69) is 5.32 Å². The molecule has 0 aromatic heterocycles. The SMILES string of the molecule is CCCNC(=O)[C@H](C)N(Cc1ccccc1C)C(=O)CN(c1ccc(C)cc1)S(=O)(=O)c1ccccc1. The Morgan fingerprint density at radius 1 is 0.892 bits per heavy atom. The van der Waals surface area contributed by atoms with Gasteiger partial charge in [-0.1, -0.05) is 67.1 Å². The van der Waals surface area contributed by atoms with Crippen LogP contribution in [0.25, 0.3) is 0 Å². The van der Waals surface area contributed by atoms with Crippen molar-refractivity contribution in [3.63, 3.8) is 0 Å². The summed E-state index contributed by atoms with van der Waals surface area (Å²) in [4.78, 5) is 28.3. The summed E-state index contributed by atoms with van der Waals surface area (Å²) in [5, 5.41) is 2.85. The molecule has 0 aliphatic rings. The highest BCUT2D eigenvalue weighted by Gasteiger charge is 2.32. The number of nitrogens with zero attached hydrogens (tertiary/aromatic N) is 2. The molecule has 3 aromatic carbocycles. The highest BCUT2D eigenvalue weighted by atomic mass is 32.2. The maximum Gasteiger partial charge on any atom is 0.264 e. The van der Waals surface area contributed by atoms with Gasteiger partial charge in [-0.3, -0.25) is 13.9 Å². The van der Waals surface area contributed by atoms with Crippen LogP contribution in [-0.2, 0) is 26.2 Å². The molecule has 0 aliphatic heterocycles. The van der Waals surface area contributed by atoms with Gasteiger partial charge >= 0.3 is 0 Å². The highest BCUT2D eigenvalue weighted by molar-refractivity contribution is 7.92. The summed E-state index contributed by atoms with van der Waals surface area (Å²) in [5.41, 5.74) is 3.21. The molecule has 2 amide bonds. The molecule has 1 N–H and O–H groups in total. The average Bonchev–Trinajstić information content (AvgIpc) is 2.90. The first-order valence-corrected chi connectivity index (χ1v) is 13.8. The largest absolute Gasteiger partial charge is 0.354 e. The molecule has 0 saturated carbocycles. The van der Waals surface area contributed by atoms with Crippen molar-refractivity contribution in [1.82, 2.24) is 10.2 Å². The number of carbonyl (C=O) groups excluding carboxylic acids is 2. The molecule has 37 heavy (non-hydrogen) atoms. The number of aryl methyl sites for hydroxylation is 2. The zero-order chi connectivity index (χ0) is 27.0. The van der Waals surface area contributed by atoms with Crippen LogP contribution in [0.4, 0.5) is 5.69 Å². The van der Waals surface area contributed by atoms with Gasteiger partial charge in [0, 0.05) is 13.1 Å². The van der Waals surface area contributed by atoms with Crippen molar-refractivity contribution in [3.8, 4) is 0 Å². The van der Waals surface area contributed by atoms with Crippen molar-refractivity contribution in [1.29, 1.82) is 0 Å². The van der Waals surface area contributed by atoms with Crippen LogP contribution in [-0.4, -0.2) is 44.3 Å². The summed E-state index contributed by atoms with van der Waals surface area (Å²) in [5.74, 6) is -0.751. The second-order valence-corrected chi connectivity index (χ2v) is 10.9. The monoisotopic (exact) mass is 521 g/mol. The summed E-state index contributed by atoms with van der Waals surface area (Å²) < 4.78 is 28.5. The molecule has 0 fully saturated rings. The summed E-state index contributed by atoms with van der Waals surface area (Å²) in [6.45, 7) is 7.70. The molecule has 7 nitrogen and oxygen atoms in total. The molecule has 0 unspecified atom stereocenters. The number of carbonyl (C=O) groups is 2. The maximum atomic E-state index is 13.8. The van der Waals surface area contributed by atoms with E-state index in [-0.39, 0.29) is 17.3 Å². The van der Waals surface area contributed by atoms with Crippen LogP contribution in [0, 0.1) is 13.8 Å². The second-order valence-electron chi connectivity index (χ2n) is 9.08. The molecule has 0 aliphatic carbocycles. The third-order valence-electron chi connectivity index (χ3n) is 6.25. The van der Waals surface area contributed by atoms with E-state index in [0.717, 1.165) is 27.4 Å². The van der Waals surface area contributed by atoms with E-state index >= 15 is 0 Å². The van der Waals surface area contributed by atoms with Crippen LogP contribution in [0.5, 0.6) is 0 Å². The molecule has 0 spiro atoms. The van der Waals surface area contributed by atoms with Gasteiger partial charge in [-0.2, -0.15) is 0 Å². The lowest BCUT2D eigenvalue weighted by molar-refractivity contribution is -0.139. The number of sulfonamides is 1. The van der Waals surface area contributed by atoms with Gasteiger partial charge in [0.15, 0.2) is 0 Å². The Hall–Kier alpha value is -3.65. The van der Waals surface area contributed by atoms with Gasteiger partial charge in [-0.05, 0) is 62.6 Å². The summed E-state index contributed by atoms with van der Waals surface area (Å²) >= 11 is 0. The summed E-state index contributed by atoms with van der Waals surface area (Å²) in [6, 6.07) is 21.9. The lowest BCUT2D eigenvalue weighted by Gasteiger charge is -2.32. The van der Waals surface area contributed by atoms with E-state index in [1.54, 1.807) is 49.4 Å². The molecule has 0 heterocycles. The molecule has 1 atom stereocenters. The summed E-state index contributed by atoms with van der Waals surface area (Å²) in [7, 11) is -4.05. The van der Waals surface area contributed by atoms with E-state index in [1.165, 1.54) is 17.0 Å². The van der Waals surface area contributed by atoms with Crippen LogP contribution in [0.15, 0.2) is 83.8 Å². The van der Waals surface area contributed by atoms with E-state index in [4.69, 9.17) is 0 Å². The Balaban J connectivity index is 2.01. The number of benzene rings is 3. The van der Waals surface area contributed by atoms with Crippen LogP contribution >= 0.6 is 0 Å². The van der Waals surface area contributed by atoms with Crippen LogP contribution in [0.1, 0.15) is 37.0 Å². The van der Waals surface area contributed by atoms with E-state index in [9.17, 15) is 18.0 Å². The first kappa shape index (κ1) is 27.9. The predicted octanol–water partition coefficient (Wildman–Crippen LogP) is 4.44. The van der Waals surface area contributed by atoms with Gasteiger partial charge in [0.1, 0.15) is 12.6 Å². The molecule has 3 rings (SSSR count). The molecular weight excluding hydrogens is 486 g/mol. The minimum atomic E-state index is -4.05. The first-order chi connectivity index (χ1) is 17.6. The van der Waals surface area contributed by atoms with E-state index in [0.29, 0.717) is 12.2 Å². The van der Waals surface area contributed by atoms with Crippen LogP contribution < -0.4 is 9.62 Å². The molecular formula is C29H35N3O4S. The fourth-order valence-corrected chi connectivity index (χ4v) is 5.34. The minimum Gasteiger partial charge on any atom is -0.354 e. The number of hydrogen-bond donors (Lipinski definition) is 1. The standard InChI is InChI=1S/C29H35N3O4S/c1-5-19-30-29(34)24(4)31(20-25-12-10-9-11-23(25)3)28(33)21-32(26-17-15-22(2)16-18-26)37(35,36)27-13-7-6-8-14-27/h6-18,24H,5,19-21H2,1-4H3,(H,30,34)/t24-/m0/s1. The van der Waals surface area contributed by atoms with Gasteiger partial charge < -0.3 is 10.2 Å². The Labute approximate surface area is 220 Å². The fraction of sp³-hybridized carbons (Fsp3) is 0.310. The Morgan fingerprint density at radius 3 is 2.14 bits per heavy atom. The van der Waals surface area contributed by atoms with Gasteiger partial charge in [0.05, 0.1) is 10.6 Å². The van der Waals surface area contributed by atoms with E-state index in [1.807, 2.05) is 45.0 Å². The molecule has 196 valence electrons. The smallest absolute Gasteiger partial charge is 0.264 e. The number of rotatable bonds is 11. The van der Waals surface area contributed by atoms with Gasteiger partial charge in [0.2, 0.25) is 11.8 Å². The minimum absolute atomic E-state index is 0.0857. The Kier molecular flexibility index (Phi) is 9.47. The number of nitrogens with one attached hydrogen (secondary N) is 1. The average molecular weight is 522 g/mol. The van der Waals surface area contributed by atoms with Gasteiger partial charge in [0.25, 0.3) is 10.0 Å². The summed E-state index contributed by atoms with van der Waals surface area (Å²) in [6.07, 6.45) is 0.765. The van der Waals surface area contributed by atoms with Crippen LogP contribution in [0.3, 0.4) is 0 Å². The predicted molar refractivity (Wildman–Crippen MR) is 147 cm³/mol. The zero-order valence-electron chi connectivity index (χ0n) is 21.8. The quantitative estimate of drug-likeness (QED) is 0.404. The number of hydrogen-bond acceptors (Lipinski definition) is 4. The Morgan fingerprint density at radius 2 is 1.51 bits per heavy atom. The number of anilines is 1. The van der Waals surface area contributed by atoms with Crippen LogP contribution in [0.2, 0.25) is 0 Å². The molecule has 8 heteroatoms. The van der Waals surface area contributed by atoms with Crippen molar-refractivity contribution in [2.45, 2.75) is 51.6 Å². The first-order valence-electron chi connectivity index (χ1n) is 12.4. The van der Waals surface area contributed by atoms with Crippen molar-refractivity contribution >= 4 is 27.5 Å². The van der Waals surface area contributed by atoms with E-state index < -0.39 is 28.5 Å². The van der Waals surface area contributed by atoms with Gasteiger partial charge in [-0.25, -0.2) is 8.42 Å². The number of amides is 2. The third kappa shape index (κ3) is 6.98. The molecule has 0 radical (unpaired) electrons. The molecule has 0 saturated heterocycles. The zero-order valence-corrected chi connectivity index (χ0v) is 22.7. The fourth-order valence-electron chi connectivity index (χ4n) is 3.91. The Bertz CT molecular complexity index is 1310. The molecule has 3 aromatic rings. The van der Waals surface area contributed by atoms with Crippen molar-refractivity contribution in [3.05, 3.63) is 95.6 Å². The molecule has 0 bridgehead atoms. The van der Waals surface area contributed by atoms with Crippen molar-refractivity contribution in [2.75, 3.05) is 17.4 Å². The second kappa shape index (κ2) is 12.5. The lowest BCUT2D eigenvalue weighted by Crippen LogP contribution is -2.51. The maximum absolute atomic E-state index is 13.8. The normalized spacial score (nSPS) is 12.0. The van der Waals surface area contributed by atoms with Crippen molar-refractivity contribution in [2.24, 2.45) is 0 Å². The third-order valence-corrected chi connectivity index (χ3v) is 8.04. The topological polar surface area (TPSA) is 86.8 Å². The van der Waals surface area contributed by atoms with Crippen molar-refractivity contribution < 1.29 is 18.0 Å². The highest BCUT2D eigenvalue weighted by Crippen LogP contribution is 2.25.